The van der Waals surface area contributed by atoms with Crippen LogP contribution in [0.4, 0.5) is 0 Å². The number of hydrogen-bond donors (Lipinski definition) is 0. The molecule has 17 heteroatoms. The van der Waals surface area contributed by atoms with E-state index in [2.05, 4.69) is 50.3 Å². The van der Waals surface area contributed by atoms with Crippen LogP contribution in [0.1, 0.15) is 0 Å². The first-order chi connectivity index (χ1) is 16.9. The van der Waals surface area contributed by atoms with Crippen LogP contribution < -0.4 is 9.97 Å². The molecule has 0 amide bonds. The van der Waals surface area contributed by atoms with Gasteiger partial charge < -0.3 is 63.2 Å². The number of nitrogens with zero attached hydrogens (tertiary/aromatic N) is 10. The number of aromatic nitrogens is 10. The molecule has 0 saturated carbocycles. The molecule has 6 aromatic heterocycles. The number of rotatable bonds is 4. The van der Waals surface area contributed by atoms with Gasteiger partial charge in [-0.1, -0.05) is 0 Å². The monoisotopic (exact) mass is 670 g/mol. The van der Waals surface area contributed by atoms with Crippen LogP contribution in [0, 0.1) is 0 Å². The molecule has 0 aromatic carbocycles. The summed E-state index contributed by atoms with van der Waals surface area (Å²) in [6.45, 7) is 0. The largest absolute Gasteiger partial charge is 2.00 e. The molecule has 0 aliphatic heterocycles. The minimum Gasteiger partial charge on any atom is -0.457 e. The maximum atomic E-state index is 4.37. The molecule has 6 heterocycles. The predicted molar refractivity (Wildman–Crippen MR) is 150 cm³/mol. The fourth-order valence-corrected chi connectivity index (χ4v) is 2.97. The third kappa shape index (κ3) is 10.6. The Hall–Kier alpha value is -4.44. The Balaban J connectivity index is -0.000000602. The van der Waals surface area contributed by atoms with Gasteiger partial charge in [-0.3, -0.25) is 19.9 Å². The summed E-state index contributed by atoms with van der Waals surface area (Å²) in [5, 5.41) is 16.2. The molecule has 0 radical (unpaired) electrons. The van der Waals surface area contributed by atoms with Gasteiger partial charge in [0, 0.05) is 72.9 Å². The molecule has 0 fully saturated rings. The summed E-state index contributed by atoms with van der Waals surface area (Å²) in [6, 6.07) is 14.8. The summed E-state index contributed by atoms with van der Waals surface area (Å²) in [4.78, 5) is 24.6. The zero-order valence-corrected chi connectivity index (χ0v) is 25.8. The van der Waals surface area contributed by atoms with Crippen molar-refractivity contribution in [2.75, 3.05) is 0 Å². The molecule has 212 valence electrons. The summed E-state index contributed by atoms with van der Waals surface area (Å²) >= 11 is 0. The van der Waals surface area contributed by atoms with Gasteiger partial charge in [-0.05, 0) is 70.8 Å². The fourth-order valence-electron chi connectivity index (χ4n) is 2.97. The van der Waals surface area contributed by atoms with Crippen LogP contribution in [0.25, 0.3) is 45.6 Å². The van der Waals surface area contributed by atoms with E-state index in [1.165, 1.54) is 0 Å². The topological polar surface area (TPSA) is 326 Å². The smallest absolute Gasteiger partial charge is 0.457 e. The van der Waals surface area contributed by atoms with Gasteiger partial charge in [0.1, 0.15) is 0 Å². The molecule has 6 aromatic rings. The van der Waals surface area contributed by atoms with Crippen molar-refractivity contribution in [3.05, 3.63) is 98.1 Å². The zero-order chi connectivity index (χ0) is 23.0. The molecule has 0 atom stereocenters. The van der Waals surface area contributed by atoms with Gasteiger partial charge in [-0.25, -0.2) is 0 Å². The molecule has 6 rings (SSSR count). The number of pyridine rings is 4. The van der Waals surface area contributed by atoms with E-state index in [1.807, 2.05) is 48.5 Å². The normalized spacial score (nSPS) is 8.59. The molecule has 0 aliphatic carbocycles. The van der Waals surface area contributed by atoms with E-state index < -0.39 is 0 Å². The van der Waals surface area contributed by atoms with Crippen molar-refractivity contribution in [1.29, 1.82) is 0 Å². The van der Waals surface area contributed by atoms with Crippen LogP contribution in [-0.4, -0.2) is 51.3 Å². The van der Waals surface area contributed by atoms with Crippen LogP contribution in [-0.2, 0) is 49.2 Å². The second-order valence-corrected chi connectivity index (χ2v) is 6.86. The molecule has 0 aliphatic rings. The third-order valence-electron chi connectivity index (χ3n) is 4.66. The van der Waals surface area contributed by atoms with Crippen molar-refractivity contribution in [2.24, 2.45) is 0 Å². The molecular weight excluding hydrogens is 637 g/mol. The van der Waals surface area contributed by atoms with Crippen molar-refractivity contribution in [1.82, 2.24) is 50.3 Å². The van der Waals surface area contributed by atoms with Crippen LogP contribution >= 0.6 is 0 Å². The van der Waals surface area contributed by atoms with Gasteiger partial charge in [-0.2, -0.15) is 0 Å². The predicted octanol–water partition coefficient (Wildman–Crippen LogP) is -2.22. The molecule has 0 bridgehead atoms. The van der Waals surface area contributed by atoms with E-state index >= 15 is 0 Å². The van der Waals surface area contributed by atoms with Crippen LogP contribution in [0.2, 0.25) is 0 Å². The Morgan fingerprint density at radius 3 is 0.683 bits per heavy atom. The molecule has 0 saturated heterocycles. The van der Waals surface area contributed by atoms with Crippen molar-refractivity contribution in [3.8, 4) is 45.6 Å². The zero-order valence-electron chi connectivity index (χ0n) is 21.7. The summed E-state index contributed by atoms with van der Waals surface area (Å²) in [7, 11) is 0. The third-order valence-corrected chi connectivity index (χ3v) is 4.66. The maximum absolute atomic E-state index is 4.37. The summed E-state index contributed by atoms with van der Waals surface area (Å²) in [6.07, 6.45) is 13.6. The Morgan fingerprint density at radius 2 is 0.512 bits per heavy atom. The first-order valence-electron chi connectivity index (χ1n) is 10.2. The average Bonchev–Trinajstić information content (AvgIpc) is 3.62. The van der Waals surface area contributed by atoms with Crippen LogP contribution in [0.15, 0.2) is 98.1 Å². The van der Waals surface area contributed by atoms with Crippen molar-refractivity contribution < 1.29 is 60.2 Å². The van der Waals surface area contributed by atoms with Gasteiger partial charge in [-0.15, -0.1) is 0 Å². The number of hydrogen-bond acceptors (Lipinski definition) is 8. The molecule has 0 spiro atoms. The van der Waals surface area contributed by atoms with Gasteiger partial charge in [0.05, 0.1) is 0 Å². The van der Waals surface area contributed by atoms with Gasteiger partial charge >= 0.3 is 27.3 Å². The Bertz CT molecular complexity index is 1240. The molecule has 41 heavy (non-hydrogen) atoms. The Labute approximate surface area is 253 Å². The van der Waals surface area contributed by atoms with Crippen molar-refractivity contribution in [2.45, 2.75) is 0 Å². The van der Waals surface area contributed by atoms with Gasteiger partial charge in [0.2, 0.25) is 0 Å². The summed E-state index contributed by atoms with van der Waals surface area (Å²) in [5.41, 5.74) is 3.64. The minimum atomic E-state index is 0. The summed E-state index contributed by atoms with van der Waals surface area (Å²) < 4.78 is 0. The van der Waals surface area contributed by atoms with E-state index in [4.69, 9.17) is 0 Å². The first-order valence-corrected chi connectivity index (χ1v) is 10.2. The van der Waals surface area contributed by atoms with Gasteiger partial charge in [0.15, 0.2) is 0 Å². The van der Waals surface area contributed by atoms with Crippen LogP contribution in [0.5, 0.6) is 0 Å². The molecular formula is C24H32CdN10O6+4. The molecule has 16 N–H and O–H groups in total. The first kappa shape index (κ1) is 41.0. The van der Waals surface area contributed by atoms with E-state index in [9.17, 15) is 0 Å². The van der Waals surface area contributed by atoms with Crippen LogP contribution in [0.3, 0.4) is 0 Å². The van der Waals surface area contributed by atoms with E-state index in [1.54, 1.807) is 49.6 Å². The van der Waals surface area contributed by atoms with Crippen molar-refractivity contribution >= 4 is 0 Å². The standard InChI is InChI=1S/2C12H8N5.Cd.6H2O/c2*1-5-13-6-2-9(1)11-15-12(17-16-11)10-3-7-14-8-4-10;;;;;;;/h2*1-8H;;6*1H2/q2*-1;+2;;;;;;/p+4. The Morgan fingerprint density at radius 1 is 0.341 bits per heavy atom. The Kier molecular flexibility index (Phi) is 20.5. The van der Waals surface area contributed by atoms with Crippen molar-refractivity contribution in [3.63, 3.8) is 0 Å². The van der Waals surface area contributed by atoms with E-state index in [-0.39, 0.29) is 60.2 Å². The SMILES string of the molecule is O.O.[Cd+2].[OH3+].[OH3+].[OH3+].[OH3+].c1cc(-c2nnc(-c3ccncc3)[n-]2)ccn1.c1cc(-c2nnc(-c3ccncc3)[n-]2)ccn1. The van der Waals surface area contributed by atoms with E-state index in [0.29, 0.717) is 23.3 Å². The molecule has 0 unspecified atom stereocenters. The fraction of sp³-hybridized carbons (Fsp3) is 0. The van der Waals surface area contributed by atoms with E-state index in [0.717, 1.165) is 22.3 Å². The second kappa shape index (κ2) is 20.5. The minimum absolute atomic E-state index is 0. The second-order valence-electron chi connectivity index (χ2n) is 6.86. The average molecular weight is 669 g/mol. The van der Waals surface area contributed by atoms with Gasteiger partial charge in [0.25, 0.3) is 0 Å². The quantitative estimate of drug-likeness (QED) is 0.144. The summed E-state index contributed by atoms with van der Waals surface area (Å²) in [5.74, 6) is 2.44. The maximum Gasteiger partial charge on any atom is 2.00 e. The molecule has 16 nitrogen and oxygen atoms in total.